The first-order chi connectivity index (χ1) is 11.7. The predicted molar refractivity (Wildman–Crippen MR) is 90.8 cm³/mol. The van der Waals surface area contributed by atoms with Gasteiger partial charge in [0.1, 0.15) is 6.20 Å². The van der Waals surface area contributed by atoms with Crippen LogP contribution in [-0.4, -0.2) is 24.1 Å². The molecule has 1 aromatic carbocycles. The maximum atomic E-state index is 11.3. The Bertz CT molecular complexity index is 1000. The number of imidazole rings is 1. The molecule has 0 bridgehead atoms. The van der Waals surface area contributed by atoms with E-state index in [0.29, 0.717) is 17.2 Å². The lowest BCUT2D eigenvalue weighted by molar-refractivity contribution is -0.389. The second-order valence-electron chi connectivity index (χ2n) is 5.13. The van der Waals surface area contributed by atoms with Crippen molar-refractivity contribution < 1.29 is 4.92 Å². The van der Waals surface area contributed by atoms with Crippen LogP contribution in [0.1, 0.15) is 5.56 Å². The van der Waals surface area contributed by atoms with Gasteiger partial charge in [-0.05, 0) is 10.5 Å². The zero-order valence-electron chi connectivity index (χ0n) is 12.4. The summed E-state index contributed by atoms with van der Waals surface area (Å²) in [4.78, 5) is 15.7. The van der Waals surface area contributed by atoms with E-state index >= 15 is 0 Å². The number of aromatic nitrogens is 4. The van der Waals surface area contributed by atoms with E-state index in [2.05, 4.69) is 15.4 Å². The first-order valence-corrected chi connectivity index (χ1v) is 8.02. The van der Waals surface area contributed by atoms with E-state index in [4.69, 9.17) is 0 Å². The number of nitrogens with zero attached hydrogens (tertiary/aromatic N) is 5. The number of thiazole rings is 1. The summed E-state index contributed by atoms with van der Waals surface area (Å²) in [5.41, 5.74) is 1.78. The summed E-state index contributed by atoms with van der Waals surface area (Å²) in [5, 5.41) is 20.3. The van der Waals surface area contributed by atoms with Crippen LogP contribution in [0.5, 0.6) is 0 Å². The normalized spacial score (nSPS) is 11.0. The van der Waals surface area contributed by atoms with Crippen molar-refractivity contribution in [2.24, 2.45) is 0 Å². The number of nitro groups is 1. The summed E-state index contributed by atoms with van der Waals surface area (Å²) in [7, 11) is 0. The van der Waals surface area contributed by atoms with Gasteiger partial charge in [-0.1, -0.05) is 41.7 Å². The molecule has 4 rings (SSSR count). The molecule has 0 radical (unpaired) electrons. The SMILES string of the molecule is O=[N+]([O-])c1c(Nc2cnn(Cc3ccccc3)c2)nc2sccn12. The van der Waals surface area contributed by atoms with E-state index < -0.39 is 4.92 Å². The van der Waals surface area contributed by atoms with E-state index in [1.54, 1.807) is 28.7 Å². The Balaban J connectivity index is 1.59. The minimum atomic E-state index is -0.441. The molecule has 0 spiro atoms. The van der Waals surface area contributed by atoms with Crippen molar-refractivity contribution in [2.45, 2.75) is 6.54 Å². The molecule has 0 aliphatic carbocycles. The molecule has 3 heterocycles. The number of hydrogen-bond acceptors (Lipinski definition) is 6. The second-order valence-corrected chi connectivity index (χ2v) is 6.01. The maximum absolute atomic E-state index is 11.3. The van der Waals surface area contributed by atoms with E-state index in [9.17, 15) is 10.1 Å². The van der Waals surface area contributed by atoms with Crippen molar-refractivity contribution in [2.75, 3.05) is 5.32 Å². The average Bonchev–Trinajstić information content (AvgIpc) is 3.24. The molecule has 9 heteroatoms. The third-order valence-corrected chi connectivity index (χ3v) is 4.25. The maximum Gasteiger partial charge on any atom is 0.373 e. The molecule has 0 aliphatic rings. The van der Waals surface area contributed by atoms with Crippen molar-refractivity contribution in [3.05, 3.63) is 70.0 Å². The Morgan fingerprint density at radius 3 is 2.92 bits per heavy atom. The van der Waals surface area contributed by atoms with Crippen LogP contribution in [-0.2, 0) is 6.54 Å². The van der Waals surface area contributed by atoms with Crippen molar-refractivity contribution in [3.8, 4) is 0 Å². The van der Waals surface area contributed by atoms with E-state index in [-0.39, 0.29) is 11.6 Å². The summed E-state index contributed by atoms with van der Waals surface area (Å²) in [5.74, 6) is 0.133. The Hall–Kier alpha value is -3.20. The van der Waals surface area contributed by atoms with E-state index in [1.165, 1.54) is 15.7 Å². The number of hydrogen-bond donors (Lipinski definition) is 1. The third kappa shape index (κ3) is 2.61. The molecule has 0 saturated heterocycles. The van der Waals surface area contributed by atoms with Crippen LogP contribution in [0, 0.1) is 10.1 Å². The third-order valence-electron chi connectivity index (χ3n) is 3.49. The molecular formula is C15H12N6O2S. The van der Waals surface area contributed by atoms with Crippen molar-refractivity contribution in [3.63, 3.8) is 0 Å². The molecule has 120 valence electrons. The highest BCUT2D eigenvalue weighted by atomic mass is 32.1. The topological polar surface area (TPSA) is 90.3 Å². The summed E-state index contributed by atoms with van der Waals surface area (Å²) in [6, 6.07) is 9.94. The highest BCUT2D eigenvalue weighted by molar-refractivity contribution is 7.15. The first kappa shape index (κ1) is 14.4. The van der Waals surface area contributed by atoms with Gasteiger partial charge in [0.2, 0.25) is 5.82 Å². The highest BCUT2D eigenvalue weighted by Crippen LogP contribution is 2.30. The smallest absolute Gasteiger partial charge is 0.358 e. The van der Waals surface area contributed by atoms with Crippen LogP contribution >= 0.6 is 11.3 Å². The van der Waals surface area contributed by atoms with Gasteiger partial charge in [0.25, 0.3) is 4.96 Å². The standard InChI is InChI=1S/C15H12N6O2S/c22-21(23)14-13(18-15-20(14)6-7-24-15)17-12-8-16-19(10-12)9-11-4-2-1-3-5-11/h1-8,10,17H,9H2. The van der Waals surface area contributed by atoms with Gasteiger partial charge < -0.3 is 15.4 Å². The molecule has 3 aromatic heterocycles. The largest absolute Gasteiger partial charge is 0.373 e. The molecule has 4 aromatic rings. The fourth-order valence-corrected chi connectivity index (χ4v) is 3.16. The fourth-order valence-electron chi connectivity index (χ4n) is 2.45. The summed E-state index contributed by atoms with van der Waals surface area (Å²) >= 11 is 1.34. The van der Waals surface area contributed by atoms with Crippen LogP contribution in [0.25, 0.3) is 4.96 Å². The van der Waals surface area contributed by atoms with Crippen molar-refractivity contribution >= 4 is 33.6 Å². The van der Waals surface area contributed by atoms with Gasteiger partial charge in [-0.15, -0.1) is 0 Å². The van der Waals surface area contributed by atoms with Crippen LogP contribution in [0.4, 0.5) is 17.3 Å². The number of benzene rings is 1. The van der Waals surface area contributed by atoms with Crippen LogP contribution < -0.4 is 5.32 Å². The van der Waals surface area contributed by atoms with Gasteiger partial charge in [0, 0.05) is 11.6 Å². The fraction of sp³-hybridized carbons (Fsp3) is 0.0667. The van der Waals surface area contributed by atoms with Gasteiger partial charge in [0.05, 0.1) is 18.4 Å². The number of rotatable bonds is 5. The molecule has 0 unspecified atom stereocenters. The van der Waals surface area contributed by atoms with E-state index in [0.717, 1.165) is 5.56 Å². The molecule has 24 heavy (non-hydrogen) atoms. The molecule has 0 fully saturated rings. The predicted octanol–water partition coefficient (Wildman–Crippen LogP) is 3.29. The average molecular weight is 340 g/mol. The molecule has 0 aliphatic heterocycles. The van der Waals surface area contributed by atoms with Gasteiger partial charge in [-0.3, -0.25) is 4.68 Å². The van der Waals surface area contributed by atoms with Gasteiger partial charge in [-0.25, -0.2) is 0 Å². The number of nitrogens with one attached hydrogen (secondary N) is 1. The van der Waals surface area contributed by atoms with Crippen LogP contribution in [0.3, 0.4) is 0 Å². The summed E-state index contributed by atoms with van der Waals surface area (Å²) < 4.78 is 3.23. The van der Waals surface area contributed by atoms with Crippen molar-refractivity contribution in [1.29, 1.82) is 0 Å². The van der Waals surface area contributed by atoms with Crippen molar-refractivity contribution in [1.82, 2.24) is 19.2 Å². The molecule has 8 nitrogen and oxygen atoms in total. The summed E-state index contributed by atoms with van der Waals surface area (Å²) in [6.07, 6.45) is 5.05. The Labute approximate surface area is 140 Å². The minimum absolute atomic E-state index is 0.0814. The summed E-state index contributed by atoms with van der Waals surface area (Å²) in [6.45, 7) is 0.628. The number of fused-ring (bicyclic) bond motifs is 1. The minimum Gasteiger partial charge on any atom is -0.358 e. The first-order valence-electron chi connectivity index (χ1n) is 7.14. The highest BCUT2D eigenvalue weighted by Gasteiger charge is 2.23. The zero-order valence-corrected chi connectivity index (χ0v) is 13.2. The zero-order chi connectivity index (χ0) is 16.5. The second kappa shape index (κ2) is 5.78. The monoisotopic (exact) mass is 340 g/mol. The molecular weight excluding hydrogens is 328 g/mol. The lowest BCUT2D eigenvalue weighted by atomic mass is 10.2. The van der Waals surface area contributed by atoms with Crippen LogP contribution in [0.2, 0.25) is 0 Å². The van der Waals surface area contributed by atoms with Gasteiger partial charge >= 0.3 is 5.82 Å². The Kier molecular flexibility index (Phi) is 3.47. The number of anilines is 2. The van der Waals surface area contributed by atoms with Crippen LogP contribution in [0.15, 0.2) is 54.3 Å². The molecule has 1 N–H and O–H groups in total. The lowest BCUT2D eigenvalue weighted by Crippen LogP contribution is -2.00. The Morgan fingerprint density at radius 1 is 1.29 bits per heavy atom. The lowest BCUT2D eigenvalue weighted by Gasteiger charge is -2.01. The molecule has 0 amide bonds. The Morgan fingerprint density at radius 2 is 2.12 bits per heavy atom. The quantitative estimate of drug-likeness (QED) is 0.445. The van der Waals surface area contributed by atoms with Gasteiger partial charge in [0.15, 0.2) is 0 Å². The van der Waals surface area contributed by atoms with E-state index in [1.807, 2.05) is 30.3 Å². The molecule has 0 atom stereocenters. The molecule has 0 saturated carbocycles. The van der Waals surface area contributed by atoms with Gasteiger partial charge in [-0.2, -0.15) is 14.5 Å².